The third-order valence-electron chi connectivity index (χ3n) is 11.2. The van der Waals surface area contributed by atoms with Crippen LogP contribution in [0, 0.1) is 138 Å². The Hall–Kier alpha value is -6.68. The van der Waals surface area contributed by atoms with Crippen LogP contribution in [-0.2, 0) is 38.2 Å². The molecule has 3 saturated heterocycles. The summed E-state index contributed by atoms with van der Waals surface area (Å²) in [6.45, 7) is 6.80. The molecule has 2 amide bonds. The number of nitrogens with one attached hydrogen (secondary N) is 1. The van der Waals surface area contributed by atoms with E-state index in [1.54, 1.807) is 38.2 Å². The maximum atomic E-state index is 12.2. The van der Waals surface area contributed by atoms with Crippen LogP contribution >= 0.6 is 11.6 Å². The van der Waals surface area contributed by atoms with Gasteiger partial charge in [-0.05, 0) is 179 Å². The molecule has 1 aromatic rings. The molecule has 4 unspecified atom stereocenters. The molecule has 15 nitrogen and oxygen atoms in total. The van der Waals surface area contributed by atoms with Crippen molar-refractivity contribution in [3.8, 4) is 120 Å². The Kier molecular flexibility index (Phi) is 31.8. The number of imide groups is 1. The molecule has 9 rings (SSSR count). The van der Waals surface area contributed by atoms with Crippen molar-refractivity contribution >= 4 is 29.1 Å². The van der Waals surface area contributed by atoms with Crippen LogP contribution in [0.15, 0.2) is 29.4 Å². The molecule has 3 saturated carbocycles. The number of terminal acetylenes is 3. The van der Waals surface area contributed by atoms with Crippen molar-refractivity contribution < 1.29 is 47.8 Å². The molecule has 0 radical (unpaired) electrons. The minimum Gasteiger partial charge on any atom is -0.395 e. The highest BCUT2D eigenvalue weighted by atomic mass is 35.5. The van der Waals surface area contributed by atoms with Crippen molar-refractivity contribution in [1.29, 1.82) is 0 Å². The van der Waals surface area contributed by atoms with Gasteiger partial charge in [-0.3, -0.25) is 25.7 Å². The van der Waals surface area contributed by atoms with Crippen LogP contribution in [0.5, 0.6) is 0 Å². The molecule has 8 aliphatic rings. The first-order valence-corrected chi connectivity index (χ1v) is 23.7. The number of hydroxylamine groups is 2. The number of halogens is 1. The minimum atomic E-state index is -0.585. The molecule has 384 valence electrons. The van der Waals surface area contributed by atoms with Gasteiger partial charge in [-0.2, -0.15) is 0 Å². The third kappa shape index (κ3) is 21.5. The van der Waals surface area contributed by atoms with Gasteiger partial charge in [0.25, 0.3) is 11.8 Å². The predicted octanol–water partition coefficient (Wildman–Crippen LogP) is 5.34. The zero-order chi connectivity index (χ0) is 52.1. The summed E-state index contributed by atoms with van der Waals surface area (Å²) < 4.78 is 27.6. The number of benzene rings is 1. The van der Waals surface area contributed by atoms with Crippen molar-refractivity contribution in [3.63, 3.8) is 0 Å². The molecule has 4 atom stereocenters. The van der Waals surface area contributed by atoms with Gasteiger partial charge in [-0.1, -0.05) is 42.2 Å². The second kappa shape index (κ2) is 37.1. The fraction of sp³-hybridized carbons (Fsp3) is 0.491. The molecule has 5 aliphatic heterocycles. The highest BCUT2D eigenvalue weighted by Gasteiger charge is 2.49. The van der Waals surface area contributed by atoms with Gasteiger partial charge in [0.1, 0.15) is 12.2 Å². The van der Waals surface area contributed by atoms with Gasteiger partial charge in [0.05, 0.1) is 56.5 Å². The van der Waals surface area contributed by atoms with Crippen molar-refractivity contribution in [2.75, 3.05) is 59.9 Å². The number of carbonyl (C=O) groups is 2. The van der Waals surface area contributed by atoms with Crippen molar-refractivity contribution in [3.05, 3.63) is 35.4 Å². The lowest BCUT2D eigenvalue weighted by atomic mass is 10.0. The molecule has 6 fully saturated rings. The second-order valence-corrected chi connectivity index (χ2v) is 16.2. The van der Waals surface area contributed by atoms with Gasteiger partial charge in [0.2, 0.25) is 0 Å². The van der Waals surface area contributed by atoms with Gasteiger partial charge in [-0.25, -0.2) is 5.90 Å². The fourth-order valence-electron chi connectivity index (χ4n) is 8.13. The van der Waals surface area contributed by atoms with Crippen LogP contribution in [0.4, 0.5) is 0 Å². The Labute approximate surface area is 437 Å². The van der Waals surface area contributed by atoms with E-state index in [0.29, 0.717) is 56.0 Å². The number of oxime groups is 1. The lowest BCUT2D eigenvalue weighted by molar-refractivity contribution is -0.208. The molecule has 0 aromatic heterocycles. The lowest BCUT2D eigenvalue weighted by Crippen LogP contribution is -2.40. The lowest BCUT2D eigenvalue weighted by Gasteiger charge is -2.29. The highest BCUT2D eigenvalue weighted by Crippen LogP contribution is 2.43. The molecule has 73 heavy (non-hydrogen) atoms. The second-order valence-electron chi connectivity index (χ2n) is 15.8. The summed E-state index contributed by atoms with van der Waals surface area (Å²) in [6, 6.07) is 6.75. The van der Waals surface area contributed by atoms with Gasteiger partial charge in [-0.15, -0.1) is 24.3 Å². The summed E-state index contributed by atoms with van der Waals surface area (Å²) in [6.07, 6.45) is 26.4. The molecular weight excluding hydrogens is 950 g/mol. The van der Waals surface area contributed by atoms with Crippen molar-refractivity contribution in [2.24, 2.45) is 34.6 Å². The van der Waals surface area contributed by atoms with Crippen LogP contribution in [0.2, 0.25) is 0 Å². The smallest absolute Gasteiger partial charge is 0.285 e. The Balaban J connectivity index is 0.000000312. The van der Waals surface area contributed by atoms with Crippen LogP contribution in [-0.4, -0.2) is 99.6 Å². The van der Waals surface area contributed by atoms with Crippen molar-refractivity contribution in [2.45, 2.75) is 102 Å². The summed E-state index contributed by atoms with van der Waals surface area (Å²) in [5, 5.41) is 4.78. The Morgan fingerprint density at radius 3 is 1.58 bits per heavy atom. The monoisotopic (exact) mass is 1010 g/mol. The molecule has 1 aromatic carbocycles. The van der Waals surface area contributed by atoms with E-state index in [1.807, 2.05) is 0 Å². The van der Waals surface area contributed by atoms with Gasteiger partial charge in [0.15, 0.2) is 11.6 Å². The van der Waals surface area contributed by atoms with Crippen LogP contribution < -0.4 is 17.2 Å². The number of fused-ring (bicyclic) bond motifs is 2. The summed E-state index contributed by atoms with van der Waals surface area (Å²) in [7, 11) is 1.65. The van der Waals surface area contributed by atoms with E-state index >= 15 is 0 Å². The highest BCUT2D eigenvalue weighted by molar-refractivity contribution is 6.20. The molecular formula is C57H64ClN5O10. The SMILES string of the molecule is C.C#CC#CC#CC#CC#C.C#CC#CC#CC#CC#CC.C1CC2=NOCC2C1.CNN.ClC1CCCO1.NOCC1CCCC12OCCO2.O=C1c2ccccc2C(=O)N1OCC1CCCC12OCCO2. The number of nitrogens with zero attached hydrogens (tertiary/aromatic N) is 2. The Morgan fingerprint density at radius 1 is 0.712 bits per heavy atom. The molecule has 5 heterocycles. The van der Waals surface area contributed by atoms with Gasteiger partial charge in [0, 0.05) is 37.2 Å². The normalized spacial score (nSPS) is 21.2. The van der Waals surface area contributed by atoms with Crippen LogP contribution in [0.3, 0.4) is 0 Å². The van der Waals surface area contributed by atoms with E-state index in [0.717, 1.165) is 69.6 Å². The zero-order valence-corrected chi connectivity index (χ0v) is 41.6. The molecule has 5 N–H and O–H groups in total. The summed E-state index contributed by atoms with van der Waals surface area (Å²) in [5.41, 5.74) is 4.36. The molecule has 3 aliphatic carbocycles. The summed E-state index contributed by atoms with van der Waals surface area (Å²) in [5.74, 6) is 49.3. The number of carbonyl (C=O) groups excluding carboxylic acids is 2. The number of hydrogen-bond acceptors (Lipinski definition) is 14. The summed E-state index contributed by atoms with van der Waals surface area (Å²) >= 11 is 5.49. The van der Waals surface area contributed by atoms with Crippen LogP contribution in [0.1, 0.15) is 106 Å². The number of nitrogens with two attached hydrogens (primary N) is 2. The largest absolute Gasteiger partial charge is 0.395 e. The maximum absolute atomic E-state index is 12.2. The first-order valence-electron chi connectivity index (χ1n) is 23.3. The fourth-order valence-corrected chi connectivity index (χ4v) is 8.37. The van der Waals surface area contributed by atoms with E-state index < -0.39 is 17.6 Å². The number of rotatable bonds is 5. The predicted molar refractivity (Wildman–Crippen MR) is 279 cm³/mol. The minimum absolute atomic E-state index is 0. The molecule has 2 spiro atoms. The van der Waals surface area contributed by atoms with Crippen molar-refractivity contribution in [1.82, 2.24) is 10.5 Å². The molecule has 16 heteroatoms. The number of amides is 2. The van der Waals surface area contributed by atoms with E-state index in [4.69, 9.17) is 70.1 Å². The maximum Gasteiger partial charge on any atom is 0.285 e. The number of ether oxygens (including phenoxy) is 5. The first kappa shape index (κ1) is 62.4. The quantitative estimate of drug-likeness (QED) is 0.113. The number of alkyl halides is 1. The van der Waals surface area contributed by atoms with Gasteiger partial charge >= 0.3 is 0 Å². The van der Waals surface area contributed by atoms with Gasteiger partial charge < -0.3 is 33.4 Å². The zero-order valence-electron chi connectivity index (χ0n) is 40.8. The Morgan fingerprint density at radius 2 is 1.18 bits per heavy atom. The average molecular weight is 1010 g/mol. The van der Waals surface area contributed by atoms with E-state index in [-0.39, 0.29) is 31.3 Å². The topological polar surface area (TPSA) is 188 Å². The third-order valence-corrected chi connectivity index (χ3v) is 11.6. The van der Waals surface area contributed by atoms with E-state index in [2.05, 4.69) is 122 Å². The summed E-state index contributed by atoms with van der Waals surface area (Å²) in [4.78, 5) is 39.6. The number of hydrogen-bond donors (Lipinski definition) is 3. The van der Waals surface area contributed by atoms with E-state index in [9.17, 15) is 9.59 Å². The Bertz CT molecular complexity index is 2470. The average Bonchev–Trinajstić information content (AvgIpc) is 4.27. The van der Waals surface area contributed by atoms with Crippen LogP contribution in [0.25, 0.3) is 0 Å². The number of hydrazine groups is 1. The van der Waals surface area contributed by atoms with E-state index in [1.165, 1.54) is 25.0 Å². The first-order chi connectivity index (χ1) is 35.2. The molecule has 0 bridgehead atoms. The standard InChI is InChI=1S/C16H17NO5.C11H4.C10H2.C8H15NO3.C6H9NO.C4H7ClO.CH6N2.CH4/c18-14-12-5-1-2-6-13(12)15(19)17(14)22-10-11-4-3-7-16(11)20-8-9-21-16;1-3-5-7-9-11-10-8-6-4-2;1-3-5-7-9-10-8-6-4-2;9-12-6-7-2-1-3-8(7)10-4-5-11-8;1-2-5-4-8-7-6(5)3-1;5-4-2-1-3-6-4;1-3-2;/h1-2,5-6,11H,3-4,7-10H2;1H,2H3;1-2H;7H,1-6,9H2;5H,1-4H2;4H,1-3H2;3H,2H2,1H3;1H4.